The van der Waals surface area contributed by atoms with Gasteiger partial charge in [-0.15, -0.1) is 0 Å². The van der Waals surface area contributed by atoms with Crippen LogP contribution in [0.5, 0.6) is 0 Å². The number of carbonyl (C=O) groups is 1. The molecular weight excluding hydrogens is 314 g/mol. The van der Waals surface area contributed by atoms with Crippen LogP contribution in [-0.4, -0.2) is 38.5 Å². The second kappa shape index (κ2) is 7.40. The van der Waals surface area contributed by atoms with Gasteiger partial charge in [0.05, 0.1) is 24.0 Å². The average molecular weight is 341 g/mol. The molecule has 2 aromatic rings. The van der Waals surface area contributed by atoms with Crippen molar-refractivity contribution in [3.05, 3.63) is 41.9 Å². The lowest BCUT2D eigenvalue weighted by Crippen LogP contribution is -2.46. The molecule has 1 aliphatic heterocycles. The minimum absolute atomic E-state index is 0.0423. The Morgan fingerprint density at radius 1 is 1.36 bits per heavy atom. The molecule has 0 aliphatic carbocycles. The number of aryl methyl sites for hydroxylation is 1. The second-order valence-electron chi connectivity index (χ2n) is 7.10. The Morgan fingerprint density at radius 3 is 2.76 bits per heavy atom. The lowest BCUT2D eigenvalue weighted by molar-refractivity contribution is -0.142. The fourth-order valence-electron chi connectivity index (χ4n) is 3.32. The van der Waals surface area contributed by atoms with Gasteiger partial charge in [-0.2, -0.15) is 0 Å². The first-order valence-corrected chi connectivity index (χ1v) is 9.10. The van der Waals surface area contributed by atoms with E-state index < -0.39 is 6.10 Å². The van der Waals surface area contributed by atoms with Gasteiger partial charge in [-0.3, -0.25) is 4.79 Å². The van der Waals surface area contributed by atoms with Gasteiger partial charge in [0.1, 0.15) is 5.82 Å². The van der Waals surface area contributed by atoms with Crippen LogP contribution in [-0.2, 0) is 4.79 Å². The summed E-state index contributed by atoms with van der Waals surface area (Å²) in [6.07, 6.45) is 3.59. The van der Waals surface area contributed by atoms with Crippen LogP contribution >= 0.6 is 0 Å². The van der Waals surface area contributed by atoms with Gasteiger partial charge < -0.3 is 15.0 Å². The van der Waals surface area contributed by atoms with Crippen molar-refractivity contribution in [3.63, 3.8) is 0 Å². The lowest BCUT2D eigenvalue weighted by Gasteiger charge is -2.38. The Balaban J connectivity index is 1.85. The fourth-order valence-corrected chi connectivity index (χ4v) is 3.32. The monoisotopic (exact) mass is 341 g/mol. The van der Waals surface area contributed by atoms with Crippen molar-refractivity contribution in [2.45, 2.75) is 52.2 Å². The van der Waals surface area contributed by atoms with E-state index in [1.807, 2.05) is 20.0 Å². The number of aromatic nitrogens is 2. The van der Waals surface area contributed by atoms with Gasteiger partial charge in [-0.1, -0.05) is 43.7 Å². The molecule has 3 atom stereocenters. The van der Waals surface area contributed by atoms with E-state index in [4.69, 9.17) is 0 Å². The first kappa shape index (κ1) is 17.7. The van der Waals surface area contributed by atoms with Crippen LogP contribution in [0.3, 0.4) is 0 Å². The van der Waals surface area contributed by atoms with Gasteiger partial charge in [0.2, 0.25) is 5.91 Å². The molecule has 0 saturated carbocycles. The molecule has 5 heteroatoms. The number of aliphatic hydroxyl groups is 1. The highest BCUT2D eigenvalue weighted by Crippen LogP contribution is 2.32. The first-order valence-electron chi connectivity index (χ1n) is 9.10. The number of β-amino-alcohol motifs (C(OH)–C–C–N with tert-alkyl or cyclic N) is 1. The molecule has 0 spiro atoms. The van der Waals surface area contributed by atoms with E-state index in [1.165, 1.54) is 5.56 Å². The van der Waals surface area contributed by atoms with E-state index in [9.17, 15) is 9.90 Å². The summed E-state index contributed by atoms with van der Waals surface area (Å²) in [5, 5.41) is 10.0. The number of likely N-dealkylation sites (tertiary alicyclic amines) is 1. The van der Waals surface area contributed by atoms with Crippen LogP contribution in [0.4, 0.5) is 0 Å². The SMILES string of the molecule is CCC(C)C(=O)N1CC(O)CCC1c1ncc(-c2ccc(C)cc2)[nH]1. The molecule has 25 heavy (non-hydrogen) atoms. The van der Waals surface area contributed by atoms with Gasteiger partial charge in [-0.25, -0.2) is 4.98 Å². The molecule has 0 bridgehead atoms. The number of rotatable bonds is 4. The standard InChI is InChI=1S/C20H27N3O2/c1-4-14(3)20(25)23-12-16(24)9-10-18(23)19-21-11-17(22-19)15-7-5-13(2)6-8-15/h5-8,11,14,16,18,24H,4,9-10,12H2,1-3H3,(H,21,22). The molecule has 3 rings (SSSR count). The van der Waals surface area contributed by atoms with Crippen LogP contribution in [0.25, 0.3) is 11.3 Å². The van der Waals surface area contributed by atoms with Crippen LogP contribution in [0, 0.1) is 12.8 Å². The summed E-state index contributed by atoms with van der Waals surface area (Å²) in [5.41, 5.74) is 3.26. The van der Waals surface area contributed by atoms with E-state index in [2.05, 4.69) is 41.2 Å². The summed E-state index contributed by atoms with van der Waals surface area (Å²) in [7, 11) is 0. The third-order valence-electron chi connectivity index (χ3n) is 5.15. The summed E-state index contributed by atoms with van der Waals surface area (Å²) in [5.74, 6) is 0.859. The summed E-state index contributed by atoms with van der Waals surface area (Å²) < 4.78 is 0. The second-order valence-corrected chi connectivity index (χ2v) is 7.10. The van der Waals surface area contributed by atoms with E-state index in [1.54, 1.807) is 4.90 Å². The highest BCUT2D eigenvalue weighted by Gasteiger charge is 2.35. The summed E-state index contributed by atoms with van der Waals surface area (Å²) in [4.78, 5) is 22.5. The Labute approximate surface area is 149 Å². The number of aliphatic hydroxyl groups excluding tert-OH is 1. The summed E-state index contributed by atoms with van der Waals surface area (Å²) >= 11 is 0. The Morgan fingerprint density at radius 2 is 2.08 bits per heavy atom. The zero-order valence-corrected chi connectivity index (χ0v) is 15.2. The summed E-state index contributed by atoms with van der Waals surface area (Å²) in [6, 6.07) is 8.19. The normalized spacial score (nSPS) is 22.0. The van der Waals surface area contributed by atoms with Crippen molar-refractivity contribution in [2.24, 2.45) is 5.92 Å². The Hall–Kier alpha value is -2.14. The largest absolute Gasteiger partial charge is 0.391 e. The molecule has 0 radical (unpaired) electrons. The number of H-pyrrole nitrogens is 1. The molecule has 3 unspecified atom stereocenters. The van der Waals surface area contributed by atoms with Crippen molar-refractivity contribution in [1.82, 2.24) is 14.9 Å². The van der Waals surface area contributed by atoms with Crippen molar-refractivity contribution in [3.8, 4) is 11.3 Å². The predicted octanol–water partition coefficient (Wildman–Crippen LogP) is 3.46. The van der Waals surface area contributed by atoms with E-state index in [-0.39, 0.29) is 17.9 Å². The molecular formula is C20H27N3O2. The quantitative estimate of drug-likeness (QED) is 0.895. The van der Waals surface area contributed by atoms with Crippen LogP contribution < -0.4 is 0 Å². The highest BCUT2D eigenvalue weighted by atomic mass is 16.3. The van der Waals surface area contributed by atoms with Gasteiger partial charge in [0.15, 0.2) is 0 Å². The van der Waals surface area contributed by atoms with Gasteiger partial charge >= 0.3 is 0 Å². The van der Waals surface area contributed by atoms with Crippen molar-refractivity contribution in [2.75, 3.05) is 6.54 Å². The minimum Gasteiger partial charge on any atom is -0.391 e. The van der Waals surface area contributed by atoms with E-state index in [0.717, 1.165) is 29.9 Å². The maximum absolute atomic E-state index is 12.7. The molecule has 2 N–H and O–H groups in total. The molecule has 1 aromatic heterocycles. The zero-order chi connectivity index (χ0) is 18.0. The van der Waals surface area contributed by atoms with Gasteiger partial charge in [-0.05, 0) is 31.7 Å². The average Bonchev–Trinajstić information content (AvgIpc) is 3.10. The third-order valence-corrected chi connectivity index (χ3v) is 5.15. The first-order chi connectivity index (χ1) is 12.0. The molecule has 1 fully saturated rings. The van der Waals surface area contributed by atoms with Gasteiger partial charge in [0, 0.05) is 12.5 Å². The molecule has 1 aliphatic rings. The number of benzene rings is 1. The van der Waals surface area contributed by atoms with Crippen molar-refractivity contribution >= 4 is 5.91 Å². The topological polar surface area (TPSA) is 69.2 Å². The van der Waals surface area contributed by atoms with Crippen LogP contribution in [0.15, 0.2) is 30.5 Å². The number of piperidine rings is 1. The maximum Gasteiger partial charge on any atom is 0.226 e. The molecule has 1 amide bonds. The summed E-state index contributed by atoms with van der Waals surface area (Å²) in [6.45, 7) is 6.41. The maximum atomic E-state index is 12.7. The Bertz CT molecular complexity index is 723. The van der Waals surface area contributed by atoms with Crippen molar-refractivity contribution in [1.29, 1.82) is 0 Å². The van der Waals surface area contributed by atoms with Gasteiger partial charge in [0.25, 0.3) is 0 Å². The number of amides is 1. The molecule has 1 saturated heterocycles. The molecule has 134 valence electrons. The van der Waals surface area contributed by atoms with E-state index in [0.29, 0.717) is 13.0 Å². The van der Waals surface area contributed by atoms with Crippen molar-refractivity contribution < 1.29 is 9.90 Å². The highest BCUT2D eigenvalue weighted by molar-refractivity contribution is 5.79. The minimum atomic E-state index is -0.448. The fraction of sp³-hybridized carbons (Fsp3) is 0.500. The van der Waals surface area contributed by atoms with E-state index >= 15 is 0 Å². The number of nitrogens with one attached hydrogen (secondary N) is 1. The predicted molar refractivity (Wildman–Crippen MR) is 97.9 cm³/mol. The smallest absolute Gasteiger partial charge is 0.226 e. The van der Waals surface area contributed by atoms with Crippen LogP contribution in [0.2, 0.25) is 0 Å². The number of aromatic amines is 1. The number of imidazole rings is 1. The number of carbonyl (C=O) groups excluding carboxylic acids is 1. The zero-order valence-electron chi connectivity index (χ0n) is 15.2. The molecule has 5 nitrogen and oxygen atoms in total. The molecule has 1 aromatic carbocycles. The number of hydrogen-bond donors (Lipinski definition) is 2. The number of nitrogens with zero attached hydrogens (tertiary/aromatic N) is 2. The Kier molecular flexibility index (Phi) is 5.23. The third kappa shape index (κ3) is 3.76. The lowest BCUT2D eigenvalue weighted by atomic mass is 9.96. The molecule has 2 heterocycles. The number of hydrogen-bond acceptors (Lipinski definition) is 3. The van der Waals surface area contributed by atoms with Crippen LogP contribution in [0.1, 0.15) is 50.5 Å².